The number of aromatic nitrogens is 1. The molecule has 0 bridgehead atoms. The first-order valence-corrected chi connectivity index (χ1v) is 13.4. The van der Waals surface area contributed by atoms with E-state index in [0.29, 0.717) is 42.9 Å². The number of nitrogens with zero attached hydrogens (tertiary/aromatic N) is 5. The highest BCUT2D eigenvalue weighted by Crippen LogP contribution is 2.51. The number of aromatic hydroxyl groups is 1. The third-order valence-corrected chi connectivity index (χ3v) is 8.03. The Balaban J connectivity index is 1.62. The van der Waals surface area contributed by atoms with Gasteiger partial charge in [0.15, 0.2) is 5.82 Å². The molecule has 0 saturated carbocycles. The maximum absolute atomic E-state index is 16.5. The Morgan fingerprint density at radius 1 is 1.30 bits per heavy atom. The van der Waals surface area contributed by atoms with Crippen LogP contribution in [0.15, 0.2) is 36.9 Å². The van der Waals surface area contributed by atoms with Crippen molar-refractivity contribution in [3.63, 3.8) is 0 Å². The average Bonchev–Trinajstić information content (AvgIpc) is 2.91. The van der Waals surface area contributed by atoms with Crippen molar-refractivity contribution in [1.82, 2.24) is 14.8 Å². The number of phenolic OH excluding ortho intramolecular Hbond substituents is 1. The number of benzene rings is 2. The maximum atomic E-state index is 16.5. The number of fused-ring (bicyclic) bond motifs is 4. The molecule has 3 aliphatic heterocycles. The first-order chi connectivity index (χ1) is 19.5. The number of rotatable bonds is 4. The van der Waals surface area contributed by atoms with Gasteiger partial charge in [0.2, 0.25) is 11.8 Å². The summed E-state index contributed by atoms with van der Waals surface area (Å²) in [7, 11) is 3.85. The van der Waals surface area contributed by atoms with E-state index in [-0.39, 0.29) is 45.6 Å². The molecule has 1 N–H and O–H groups in total. The molecule has 210 valence electrons. The maximum Gasteiger partial charge on any atom is 0.246 e. The molecule has 1 fully saturated rings. The van der Waals surface area contributed by atoms with E-state index in [1.54, 1.807) is 11.8 Å². The van der Waals surface area contributed by atoms with E-state index in [4.69, 9.17) is 16.3 Å². The van der Waals surface area contributed by atoms with E-state index < -0.39 is 29.9 Å². The fraction of sp³-hybridized carbons (Fsp3) is 0.379. The van der Waals surface area contributed by atoms with Gasteiger partial charge in [0, 0.05) is 43.1 Å². The predicted octanol–water partition coefficient (Wildman–Crippen LogP) is 4.27. The zero-order chi connectivity index (χ0) is 29.3. The van der Waals surface area contributed by atoms with Crippen LogP contribution in [0.25, 0.3) is 22.0 Å². The van der Waals surface area contributed by atoms with Crippen LogP contribution in [-0.4, -0.2) is 90.8 Å². The van der Waals surface area contributed by atoms with Crippen LogP contribution < -0.4 is 14.5 Å². The van der Waals surface area contributed by atoms with Gasteiger partial charge in [0.05, 0.1) is 30.2 Å². The van der Waals surface area contributed by atoms with Crippen LogP contribution in [0.3, 0.4) is 0 Å². The summed E-state index contributed by atoms with van der Waals surface area (Å²) in [5.74, 6) is -2.24. The number of phenols is 1. The van der Waals surface area contributed by atoms with Crippen LogP contribution in [0.2, 0.25) is 5.02 Å². The number of piperazine rings is 1. The number of hydrogen-bond donors (Lipinski definition) is 1. The zero-order valence-corrected chi connectivity index (χ0v) is 23.1. The summed E-state index contributed by atoms with van der Waals surface area (Å²) in [6, 6.07) is 4.42. The van der Waals surface area contributed by atoms with Gasteiger partial charge in [0.1, 0.15) is 28.9 Å². The third-order valence-electron chi connectivity index (χ3n) is 7.73. The molecule has 8 nitrogen and oxygen atoms in total. The molecular weight excluding hydrogens is 540 g/mol. The lowest BCUT2D eigenvalue weighted by Crippen LogP contribution is -2.65. The van der Waals surface area contributed by atoms with Gasteiger partial charge in [-0.25, -0.2) is 13.8 Å². The van der Waals surface area contributed by atoms with E-state index in [9.17, 15) is 15.7 Å². The largest absolute Gasteiger partial charge is 0.507 e. The molecule has 11 heteroatoms. The van der Waals surface area contributed by atoms with Gasteiger partial charge in [-0.05, 0) is 45.3 Å². The van der Waals surface area contributed by atoms with E-state index in [1.807, 2.05) is 23.9 Å². The second-order valence-electron chi connectivity index (χ2n) is 10.7. The summed E-state index contributed by atoms with van der Waals surface area (Å²) in [6.45, 7) is 6.48. The van der Waals surface area contributed by atoms with Gasteiger partial charge in [0.25, 0.3) is 0 Å². The zero-order valence-electron chi connectivity index (χ0n) is 23.4. The fourth-order valence-corrected chi connectivity index (χ4v) is 6.37. The number of halogens is 3. The number of carbonyl (C=O) groups excluding carboxylic acids is 1. The molecule has 6 rings (SSSR count). The van der Waals surface area contributed by atoms with Gasteiger partial charge in [-0.2, -0.15) is 0 Å². The molecule has 1 amide bonds. The molecule has 40 heavy (non-hydrogen) atoms. The molecule has 4 heterocycles. The first kappa shape index (κ1) is 25.3. The van der Waals surface area contributed by atoms with Crippen molar-refractivity contribution in [3.05, 3.63) is 53.6 Å². The first-order valence-electron chi connectivity index (χ1n) is 13.6. The van der Waals surface area contributed by atoms with Crippen LogP contribution in [-0.2, 0) is 4.79 Å². The topological polar surface area (TPSA) is 72.4 Å². The molecule has 1 saturated heterocycles. The van der Waals surface area contributed by atoms with Gasteiger partial charge in [-0.3, -0.25) is 4.79 Å². The minimum absolute atomic E-state index is 0.112. The normalized spacial score (nSPS) is 24.0. The summed E-state index contributed by atoms with van der Waals surface area (Å²) >= 11 is 6.63. The van der Waals surface area contributed by atoms with Crippen molar-refractivity contribution in [2.75, 3.05) is 56.6 Å². The Hall–Kier alpha value is -3.63. The number of likely N-dealkylation sites (N-methyl/N-ethyl adjacent to an activating group) is 1. The van der Waals surface area contributed by atoms with E-state index in [2.05, 4.69) is 16.5 Å². The molecule has 1 unspecified atom stereocenters. The van der Waals surface area contributed by atoms with Crippen LogP contribution in [0, 0.1) is 11.6 Å². The van der Waals surface area contributed by atoms with Crippen molar-refractivity contribution in [3.8, 4) is 22.8 Å². The van der Waals surface area contributed by atoms with E-state index in [1.165, 1.54) is 24.3 Å². The lowest BCUT2D eigenvalue weighted by Gasteiger charge is -2.53. The molecule has 1 aromatic heterocycles. The Labute approximate surface area is 237 Å². The molecule has 3 aliphatic rings. The quantitative estimate of drug-likeness (QED) is 0.470. The summed E-state index contributed by atoms with van der Waals surface area (Å²) < 4.78 is 46.9. The number of carbonyl (C=O) groups is 1. The summed E-state index contributed by atoms with van der Waals surface area (Å²) in [6.07, 6.45) is 0.969. The highest BCUT2D eigenvalue weighted by molar-refractivity contribution is 6.34. The lowest BCUT2D eigenvalue weighted by molar-refractivity contribution is -0.128. The van der Waals surface area contributed by atoms with Crippen LogP contribution in [0.4, 0.5) is 20.2 Å². The molecule has 3 aromatic rings. The van der Waals surface area contributed by atoms with Crippen molar-refractivity contribution in [2.45, 2.75) is 25.1 Å². The van der Waals surface area contributed by atoms with Crippen LogP contribution >= 0.6 is 11.6 Å². The van der Waals surface area contributed by atoms with Crippen LogP contribution in [0.1, 0.15) is 8.29 Å². The van der Waals surface area contributed by atoms with Crippen molar-refractivity contribution >= 4 is 39.8 Å². The summed E-state index contributed by atoms with van der Waals surface area (Å²) in [5, 5.41) is 10.7. The summed E-state index contributed by atoms with van der Waals surface area (Å²) in [4.78, 5) is 24.9. The second kappa shape index (κ2) is 9.78. The van der Waals surface area contributed by atoms with E-state index in [0.717, 1.165) is 6.07 Å². The number of amides is 1. The van der Waals surface area contributed by atoms with Crippen molar-refractivity contribution < 1.29 is 24.8 Å². The minimum Gasteiger partial charge on any atom is -0.507 e. The van der Waals surface area contributed by atoms with Gasteiger partial charge < -0.3 is 29.4 Å². The van der Waals surface area contributed by atoms with Crippen molar-refractivity contribution in [1.29, 1.82) is 0 Å². The standard InChI is InChI=1S/C29H30ClF2N5O3/c1-5-22(39)36-12-16-11-35-14-17(13-34(3)4)40-29-28(35)27(37(16)10-15(36)2)18-9-19(30)23(25(32)26(18)33-29)24-20(31)7-6-8-21(24)38/h5-9,15-17,38H,1,10-14H2,2-4H3/t15-,16-,17-/m1/s1/i10D/t10?,15-,16-,17-. The minimum atomic E-state index is -0.908. The predicted molar refractivity (Wildman–Crippen MR) is 151 cm³/mol. The Morgan fingerprint density at radius 3 is 2.77 bits per heavy atom. The third kappa shape index (κ3) is 4.12. The Kier molecular flexibility index (Phi) is 6.20. The van der Waals surface area contributed by atoms with Gasteiger partial charge in [-0.1, -0.05) is 24.2 Å². The fourth-order valence-electron chi connectivity index (χ4n) is 6.08. The smallest absolute Gasteiger partial charge is 0.246 e. The number of pyridine rings is 1. The van der Waals surface area contributed by atoms with Gasteiger partial charge in [-0.15, -0.1) is 0 Å². The number of ether oxygens (including phenoxy) is 1. The average molecular weight is 571 g/mol. The Bertz CT molecular complexity index is 1570. The van der Waals surface area contributed by atoms with Crippen LogP contribution in [0.5, 0.6) is 11.6 Å². The molecule has 0 aliphatic carbocycles. The number of hydrogen-bond acceptors (Lipinski definition) is 7. The number of anilines is 2. The molecule has 0 radical (unpaired) electrons. The second-order valence-corrected chi connectivity index (χ2v) is 11.2. The molecular formula is C29H30ClF2N5O3. The summed E-state index contributed by atoms with van der Waals surface area (Å²) in [5.41, 5.74) is 0.383. The molecule has 0 spiro atoms. The highest BCUT2D eigenvalue weighted by atomic mass is 35.5. The molecule has 2 aromatic carbocycles. The molecule has 4 atom stereocenters. The highest BCUT2D eigenvalue weighted by Gasteiger charge is 2.44. The van der Waals surface area contributed by atoms with Crippen molar-refractivity contribution in [2.24, 2.45) is 0 Å². The Morgan fingerprint density at radius 2 is 2.08 bits per heavy atom. The monoisotopic (exact) mass is 570 g/mol. The SMILES string of the molecule is [2H]C1[C@@H](C)N(C(=O)C=C)C[C@H]2CN3C[C@@H](CN(C)C)Oc4nc5c(F)c(-c6c(O)cccc6F)c(Cl)cc5c(c43)N12. The van der Waals surface area contributed by atoms with Gasteiger partial charge >= 0.3 is 0 Å². The lowest BCUT2D eigenvalue weighted by atomic mass is 9.95. The van der Waals surface area contributed by atoms with E-state index >= 15 is 4.39 Å².